The maximum atomic E-state index is 12.7. The van der Waals surface area contributed by atoms with Crippen LogP contribution in [0, 0.1) is 0 Å². The molecule has 1 heterocycles. The Balaban J connectivity index is 2.35. The Labute approximate surface area is 142 Å². The Morgan fingerprint density at radius 2 is 1.67 bits per heavy atom. The fraction of sp³-hybridized carbons (Fsp3) is 0.538. The number of rotatable bonds is 3. The summed E-state index contributed by atoms with van der Waals surface area (Å²) in [4.78, 5) is 2.89. The first-order valence-electron chi connectivity index (χ1n) is 6.77. The number of hydrogen-bond donors (Lipinski definition) is 2. The molecule has 0 spiro atoms. The minimum atomic E-state index is -3.68. The number of nitrogens with two attached hydrogens (primary N) is 1. The maximum Gasteiger partial charge on any atom is 0.255 e. The molecule has 0 aliphatic carbocycles. The van der Waals surface area contributed by atoms with E-state index in [1.165, 1.54) is 0 Å². The summed E-state index contributed by atoms with van der Waals surface area (Å²) in [5, 5.41) is 1.83. The summed E-state index contributed by atoms with van der Waals surface area (Å²) >= 11 is 6.56. The van der Waals surface area contributed by atoms with E-state index in [1.807, 2.05) is 18.9 Å². The number of benzene rings is 1. The van der Waals surface area contributed by atoms with Gasteiger partial charge in [-0.05, 0) is 70.7 Å². The number of nitrogens with one attached hydrogen (secondary N) is 1. The molecule has 0 bridgehead atoms. The van der Waals surface area contributed by atoms with Crippen molar-refractivity contribution in [1.82, 2.24) is 9.84 Å². The van der Waals surface area contributed by atoms with Gasteiger partial charge in [-0.1, -0.05) is 6.42 Å². The average Bonchev–Trinajstić information content (AvgIpc) is 2.32. The fourth-order valence-electron chi connectivity index (χ4n) is 2.62. The molecular weight excluding hydrogens is 422 g/mol. The molecule has 0 amide bonds. The molecule has 2 unspecified atom stereocenters. The minimum Gasteiger partial charge on any atom is -0.399 e. The molecule has 1 fully saturated rings. The lowest BCUT2D eigenvalue weighted by Crippen LogP contribution is -2.54. The first-order valence-corrected chi connectivity index (χ1v) is 9.84. The third-order valence-corrected chi connectivity index (χ3v) is 6.91. The van der Waals surface area contributed by atoms with Crippen molar-refractivity contribution in [1.29, 1.82) is 0 Å². The Bertz CT molecular complexity index is 603. The number of halogens is 2. The van der Waals surface area contributed by atoms with Crippen molar-refractivity contribution in [3.63, 3.8) is 0 Å². The first kappa shape index (κ1) is 17.2. The van der Waals surface area contributed by atoms with Crippen LogP contribution in [-0.4, -0.2) is 25.5 Å². The van der Waals surface area contributed by atoms with Gasteiger partial charge in [0.1, 0.15) is 4.90 Å². The van der Waals surface area contributed by atoms with Gasteiger partial charge in [-0.3, -0.25) is 0 Å². The van der Waals surface area contributed by atoms with Gasteiger partial charge in [0.05, 0.1) is 0 Å². The molecule has 8 heteroatoms. The highest BCUT2D eigenvalue weighted by atomic mass is 79.9. The second-order valence-electron chi connectivity index (χ2n) is 5.44. The summed E-state index contributed by atoms with van der Waals surface area (Å²) in [6, 6.07) is 3.52. The predicted molar refractivity (Wildman–Crippen MR) is 91.2 cm³/mol. The standard InChI is InChI=1S/C13H19Br2N3O2S/c1-8-4-3-5-9(2)18(8)17-21(19,20)13-11(14)6-10(16)7-12(13)15/h6-9,17H,3-5,16H2,1-2H3. The van der Waals surface area contributed by atoms with E-state index in [4.69, 9.17) is 5.73 Å². The van der Waals surface area contributed by atoms with Crippen LogP contribution in [0.5, 0.6) is 0 Å². The normalized spacial score (nSPS) is 24.2. The monoisotopic (exact) mass is 439 g/mol. The molecule has 0 radical (unpaired) electrons. The number of hydrazine groups is 1. The number of nitrogens with zero attached hydrogens (tertiary/aromatic N) is 1. The number of nitrogen functional groups attached to an aromatic ring is 1. The summed E-state index contributed by atoms with van der Waals surface area (Å²) in [6.07, 6.45) is 3.09. The van der Waals surface area contributed by atoms with Crippen LogP contribution in [0.4, 0.5) is 5.69 Å². The summed E-state index contributed by atoms with van der Waals surface area (Å²) in [5.41, 5.74) is 6.21. The number of piperidine rings is 1. The van der Waals surface area contributed by atoms with Gasteiger partial charge in [0.15, 0.2) is 0 Å². The van der Waals surface area contributed by atoms with Crippen LogP contribution in [0.15, 0.2) is 26.0 Å². The van der Waals surface area contributed by atoms with E-state index >= 15 is 0 Å². The van der Waals surface area contributed by atoms with Crippen molar-refractivity contribution in [2.45, 2.75) is 50.1 Å². The number of hydrogen-bond acceptors (Lipinski definition) is 4. The molecule has 1 aliphatic rings. The molecule has 2 atom stereocenters. The van der Waals surface area contributed by atoms with Gasteiger partial charge in [-0.25, -0.2) is 13.4 Å². The Morgan fingerprint density at radius 1 is 1.19 bits per heavy atom. The van der Waals surface area contributed by atoms with Crippen molar-refractivity contribution in [2.75, 3.05) is 5.73 Å². The lowest BCUT2D eigenvalue weighted by molar-refractivity contribution is 0.0790. The SMILES string of the molecule is CC1CCCC(C)N1NS(=O)(=O)c1c(Br)cc(N)cc1Br. The van der Waals surface area contributed by atoms with Gasteiger partial charge in [0.25, 0.3) is 10.0 Å². The fourth-order valence-corrected chi connectivity index (χ4v) is 6.48. The largest absolute Gasteiger partial charge is 0.399 e. The van der Waals surface area contributed by atoms with Crippen LogP contribution in [0.25, 0.3) is 0 Å². The van der Waals surface area contributed by atoms with Crippen LogP contribution < -0.4 is 10.6 Å². The zero-order valence-electron chi connectivity index (χ0n) is 11.9. The van der Waals surface area contributed by atoms with Gasteiger partial charge in [0, 0.05) is 26.7 Å². The Morgan fingerprint density at radius 3 is 2.14 bits per heavy atom. The zero-order chi connectivity index (χ0) is 15.8. The average molecular weight is 441 g/mol. The molecule has 118 valence electrons. The number of anilines is 1. The highest BCUT2D eigenvalue weighted by Crippen LogP contribution is 2.33. The minimum absolute atomic E-state index is 0.168. The molecule has 1 aliphatic heterocycles. The summed E-state index contributed by atoms with van der Waals surface area (Å²) < 4.78 is 26.3. The molecule has 0 aromatic heterocycles. The molecule has 3 N–H and O–H groups in total. The first-order chi connectivity index (χ1) is 9.72. The van der Waals surface area contributed by atoms with E-state index < -0.39 is 10.0 Å². The van der Waals surface area contributed by atoms with E-state index in [2.05, 4.69) is 36.7 Å². The van der Waals surface area contributed by atoms with E-state index in [0.717, 1.165) is 19.3 Å². The predicted octanol–water partition coefficient (Wildman–Crippen LogP) is 3.25. The van der Waals surface area contributed by atoms with E-state index in [-0.39, 0.29) is 17.0 Å². The topological polar surface area (TPSA) is 75.4 Å². The van der Waals surface area contributed by atoms with Crippen molar-refractivity contribution in [2.24, 2.45) is 0 Å². The van der Waals surface area contributed by atoms with Gasteiger partial charge in [-0.2, -0.15) is 0 Å². The molecule has 1 aromatic rings. The molecular formula is C13H19Br2N3O2S. The Hall–Kier alpha value is -0.150. The molecule has 1 saturated heterocycles. The third kappa shape index (κ3) is 3.79. The Kier molecular flexibility index (Phi) is 5.36. The molecule has 5 nitrogen and oxygen atoms in total. The molecule has 0 saturated carbocycles. The van der Waals surface area contributed by atoms with Crippen LogP contribution in [0.2, 0.25) is 0 Å². The lowest BCUT2D eigenvalue weighted by atomic mass is 10.0. The maximum absolute atomic E-state index is 12.7. The van der Waals surface area contributed by atoms with Crippen molar-refractivity contribution in [3.05, 3.63) is 21.1 Å². The van der Waals surface area contributed by atoms with Crippen LogP contribution in [0.1, 0.15) is 33.1 Å². The summed E-state index contributed by atoms with van der Waals surface area (Å²) in [6.45, 7) is 4.07. The van der Waals surface area contributed by atoms with Gasteiger partial charge in [0.2, 0.25) is 0 Å². The van der Waals surface area contributed by atoms with Crippen LogP contribution in [-0.2, 0) is 10.0 Å². The van der Waals surface area contributed by atoms with Gasteiger partial charge >= 0.3 is 0 Å². The zero-order valence-corrected chi connectivity index (χ0v) is 15.9. The van der Waals surface area contributed by atoms with E-state index in [0.29, 0.717) is 14.6 Å². The second-order valence-corrected chi connectivity index (χ2v) is 8.75. The van der Waals surface area contributed by atoms with Crippen molar-refractivity contribution < 1.29 is 8.42 Å². The van der Waals surface area contributed by atoms with E-state index in [9.17, 15) is 8.42 Å². The highest BCUT2D eigenvalue weighted by molar-refractivity contribution is 9.11. The third-order valence-electron chi connectivity index (χ3n) is 3.71. The summed E-state index contributed by atoms with van der Waals surface area (Å²) in [7, 11) is -3.68. The van der Waals surface area contributed by atoms with Crippen LogP contribution >= 0.6 is 31.9 Å². The smallest absolute Gasteiger partial charge is 0.255 e. The number of sulfonamides is 1. The summed E-state index contributed by atoms with van der Waals surface area (Å²) in [5.74, 6) is 0. The van der Waals surface area contributed by atoms with Crippen LogP contribution in [0.3, 0.4) is 0 Å². The van der Waals surface area contributed by atoms with Gasteiger partial charge < -0.3 is 5.73 Å². The van der Waals surface area contributed by atoms with Gasteiger partial charge in [-0.15, -0.1) is 4.83 Å². The lowest BCUT2D eigenvalue weighted by Gasteiger charge is -2.38. The molecule has 2 rings (SSSR count). The van der Waals surface area contributed by atoms with Crippen molar-refractivity contribution >= 4 is 47.6 Å². The highest BCUT2D eigenvalue weighted by Gasteiger charge is 2.31. The molecule has 1 aromatic carbocycles. The van der Waals surface area contributed by atoms with E-state index in [1.54, 1.807) is 12.1 Å². The quantitative estimate of drug-likeness (QED) is 0.707. The van der Waals surface area contributed by atoms with Crippen molar-refractivity contribution in [3.8, 4) is 0 Å². The molecule has 21 heavy (non-hydrogen) atoms. The second kappa shape index (κ2) is 6.54.